The van der Waals surface area contributed by atoms with Crippen LogP contribution in [0.5, 0.6) is 0 Å². The molecule has 1 heterocycles. The van der Waals surface area contributed by atoms with Gasteiger partial charge >= 0.3 is 12.1 Å². The van der Waals surface area contributed by atoms with Gasteiger partial charge in [0.2, 0.25) is 0 Å². The third-order valence-corrected chi connectivity index (χ3v) is 2.47. The number of nitrogens with zero attached hydrogens (tertiary/aromatic N) is 1. The Bertz CT molecular complexity index is 438. The first kappa shape index (κ1) is 10.9. The molecule has 1 saturated carbocycles. The first-order chi connectivity index (χ1) is 7.39. The minimum atomic E-state index is -4.53. The molecule has 0 amide bonds. The number of pyridine rings is 1. The second kappa shape index (κ2) is 3.47. The van der Waals surface area contributed by atoms with Crippen LogP contribution in [0.1, 0.15) is 40.4 Å². The van der Waals surface area contributed by atoms with Crippen molar-refractivity contribution in [2.75, 3.05) is 0 Å². The first-order valence-corrected chi connectivity index (χ1v) is 4.70. The van der Waals surface area contributed by atoms with Crippen LogP contribution in [0.2, 0.25) is 0 Å². The maximum absolute atomic E-state index is 12.4. The molecule has 0 unspecified atom stereocenters. The molecule has 86 valence electrons. The Morgan fingerprint density at radius 2 is 2.06 bits per heavy atom. The highest BCUT2D eigenvalue weighted by atomic mass is 19.4. The Hall–Kier alpha value is -1.59. The van der Waals surface area contributed by atoms with Crippen LogP contribution >= 0.6 is 0 Å². The van der Waals surface area contributed by atoms with Gasteiger partial charge in [-0.1, -0.05) is 0 Å². The molecular weight excluding hydrogens is 223 g/mol. The molecule has 2 rings (SSSR count). The second-order valence-corrected chi connectivity index (χ2v) is 3.73. The number of rotatable bonds is 2. The van der Waals surface area contributed by atoms with E-state index in [1.54, 1.807) is 0 Å². The summed E-state index contributed by atoms with van der Waals surface area (Å²) in [7, 11) is 0. The molecule has 1 N–H and O–H groups in total. The molecule has 0 bridgehead atoms. The van der Waals surface area contributed by atoms with Crippen LogP contribution in [0.4, 0.5) is 13.2 Å². The fraction of sp³-hybridized carbons (Fsp3) is 0.400. The summed E-state index contributed by atoms with van der Waals surface area (Å²) in [5, 5.41) is 8.81. The van der Waals surface area contributed by atoms with Gasteiger partial charge in [-0.15, -0.1) is 0 Å². The molecule has 16 heavy (non-hydrogen) atoms. The van der Waals surface area contributed by atoms with Gasteiger partial charge in [0.1, 0.15) is 5.69 Å². The summed E-state index contributed by atoms with van der Waals surface area (Å²) >= 11 is 0. The van der Waals surface area contributed by atoms with Gasteiger partial charge in [0.15, 0.2) is 0 Å². The highest BCUT2D eigenvalue weighted by Gasteiger charge is 2.36. The second-order valence-electron chi connectivity index (χ2n) is 3.73. The zero-order chi connectivity index (χ0) is 11.9. The van der Waals surface area contributed by atoms with Gasteiger partial charge in [-0.05, 0) is 30.4 Å². The predicted molar refractivity (Wildman–Crippen MR) is 48.2 cm³/mol. The zero-order valence-electron chi connectivity index (χ0n) is 8.08. The lowest BCUT2D eigenvalue weighted by Crippen LogP contribution is -2.11. The van der Waals surface area contributed by atoms with E-state index in [2.05, 4.69) is 4.98 Å². The summed E-state index contributed by atoms with van der Waals surface area (Å²) < 4.78 is 37.1. The summed E-state index contributed by atoms with van der Waals surface area (Å²) in [4.78, 5) is 13.9. The average Bonchev–Trinajstić information content (AvgIpc) is 2.98. The van der Waals surface area contributed by atoms with Gasteiger partial charge in [-0.2, -0.15) is 13.2 Å². The van der Waals surface area contributed by atoms with Crippen LogP contribution < -0.4 is 0 Å². The molecule has 1 aromatic rings. The van der Waals surface area contributed by atoms with Crippen molar-refractivity contribution in [3.63, 3.8) is 0 Å². The van der Waals surface area contributed by atoms with Crippen LogP contribution in [-0.4, -0.2) is 16.1 Å². The molecule has 0 saturated heterocycles. The molecule has 0 radical (unpaired) electrons. The van der Waals surface area contributed by atoms with Crippen molar-refractivity contribution in [1.29, 1.82) is 0 Å². The third-order valence-electron chi connectivity index (χ3n) is 2.47. The van der Waals surface area contributed by atoms with Crippen molar-refractivity contribution in [3.05, 3.63) is 29.1 Å². The van der Waals surface area contributed by atoms with Crippen molar-refractivity contribution in [1.82, 2.24) is 4.98 Å². The predicted octanol–water partition coefficient (Wildman–Crippen LogP) is 2.68. The van der Waals surface area contributed by atoms with Crippen molar-refractivity contribution < 1.29 is 23.1 Å². The van der Waals surface area contributed by atoms with Crippen molar-refractivity contribution in [2.24, 2.45) is 0 Å². The highest BCUT2D eigenvalue weighted by Crippen LogP contribution is 2.43. The van der Waals surface area contributed by atoms with Crippen molar-refractivity contribution in [2.45, 2.75) is 24.9 Å². The number of hydrogen-bond acceptors (Lipinski definition) is 2. The highest BCUT2D eigenvalue weighted by molar-refractivity contribution is 5.89. The van der Waals surface area contributed by atoms with E-state index in [1.165, 1.54) is 0 Å². The van der Waals surface area contributed by atoms with Gasteiger partial charge in [-0.25, -0.2) is 4.79 Å². The number of carboxylic acids is 1. The van der Waals surface area contributed by atoms with Crippen molar-refractivity contribution >= 4 is 5.97 Å². The number of carbonyl (C=O) groups is 1. The summed E-state index contributed by atoms with van der Waals surface area (Å²) in [6, 6.07) is 0.848. The lowest BCUT2D eigenvalue weighted by atomic mass is 10.0. The molecule has 1 aliphatic rings. The lowest BCUT2D eigenvalue weighted by molar-refractivity contribution is -0.141. The average molecular weight is 231 g/mol. The summed E-state index contributed by atoms with van der Waals surface area (Å²) in [5.41, 5.74) is -0.912. The third kappa shape index (κ3) is 2.00. The van der Waals surface area contributed by atoms with E-state index in [0.717, 1.165) is 25.1 Å². The fourth-order valence-corrected chi connectivity index (χ4v) is 1.54. The number of aromatic carboxylic acids is 1. The lowest BCUT2D eigenvalue weighted by Gasteiger charge is -2.09. The molecule has 0 aliphatic heterocycles. The Labute approximate surface area is 88.9 Å². The zero-order valence-corrected chi connectivity index (χ0v) is 8.08. The molecule has 0 spiro atoms. The molecule has 1 fully saturated rings. The van der Waals surface area contributed by atoms with E-state index in [4.69, 9.17) is 5.11 Å². The number of halogens is 3. The van der Waals surface area contributed by atoms with E-state index in [0.29, 0.717) is 0 Å². The maximum atomic E-state index is 12.4. The summed E-state index contributed by atoms with van der Waals surface area (Å²) in [6.45, 7) is 0. The SMILES string of the molecule is O=C(O)c1cnc(C(F)(F)F)cc1C1CC1. The summed E-state index contributed by atoms with van der Waals surface area (Å²) in [6.07, 6.45) is -2.26. The van der Waals surface area contributed by atoms with Gasteiger partial charge in [-0.3, -0.25) is 4.98 Å². The van der Waals surface area contributed by atoms with Gasteiger partial charge < -0.3 is 5.11 Å². The van der Waals surface area contributed by atoms with E-state index in [-0.39, 0.29) is 17.0 Å². The van der Waals surface area contributed by atoms with Crippen LogP contribution in [-0.2, 0) is 6.18 Å². The van der Waals surface area contributed by atoms with Gasteiger partial charge in [0.05, 0.1) is 5.56 Å². The van der Waals surface area contributed by atoms with E-state index < -0.39 is 17.8 Å². The molecule has 3 nitrogen and oxygen atoms in total. The monoisotopic (exact) mass is 231 g/mol. The first-order valence-electron chi connectivity index (χ1n) is 4.70. The van der Waals surface area contributed by atoms with Crippen LogP contribution in [0.25, 0.3) is 0 Å². The number of carboxylic acid groups (broad SMARTS) is 1. The Morgan fingerprint density at radius 3 is 2.50 bits per heavy atom. The van der Waals surface area contributed by atoms with E-state index in [9.17, 15) is 18.0 Å². The molecule has 1 aromatic heterocycles. The topological polar surface area (TPSA) is 50.2 Å². The van der Waals surface area contributed by atoms with Crippen LogP contribution in [0, 0.1) is 0 Å². The molecular formula is C10H8F3NO2. The van der Waals surface area contributed by atoms with E-state index in [1.807, 2.05) is 0 Å². The Balaban J connectivity index is 2.48. The number of alkyl halides is 3. The Morgan fingerprint density at radius 1 is 1.44 bits per heavy atom. The minimum absolute atomic E-state index is 0.0600. The quantitative estimate of drug-likeness (QED) is 0.851. The molecule has 0 aromatic carbocycles. The minimum Gasteiger partial charge on any atom is -0.478 e. The van der Waals surface area contributed by atoms with Crippen LogP contribution in [0.15, 0.2) is 12.3 Å². The summed E-state index contributed by atoms with van der Waals surface area (Å²) in [5.74, 6) is -1.29. The maximum Gasteiger partial charge on any atom is 0.433 e. The number of aromatic nitrogens is 1. The largest absolute Gasteiger partial charge is 0.478 e. The van der Waals surface area contributed by atoms with Crippen molar-refractivity contribution in [3.8, 4) is 0 Å². The molecule has 6 heteroatoms. The fourth-order valence-electron chi connectivity index (χ4n) is 1.54. The molecule has 0 atom stereocenters. The normalized spacial score (nSPS) is 16.2. The standard InChI is InChI=1S/C10H8F3NO2/c11-10(12,13)8-3-6(5-1-2-5)7(4-14-8)9(15)16/h3-5H,1-2H2,(H,15,16). The Kier molecular flexibility index (Phi) is 2.36. The number of hydrogen-bond donors (Lipinski definition) is 1. The van der Waals surface area contributed by atoms with E-state index >= 15 is 0 Å². The van der Waals surface area contributed by atoms with Gasteiger partial charge in [0, 0.05) is 6.20 Å². The van der Waals surface area contributed by atoms with Crippen LogP contribution in [0.3, 0.4) is 0 Å². The molecule has 1 aliphatic carbocycles. The smallest absolute Gasteiger partial charge is 0.433 e. The van der Waals surface area contributed by atoms with Gasteiger partial charge in [0.25, 0.3) is 0 Å².